The molecular formula is C22H28N2O4S. The lowest BCUT2D eigenvalue weighted by atomic mass is 10.1. The number of hydrogen-bond donors (Lipinski definition) is 1. The first kappa shape index (κ1) is 21.5. The van der Waals surface area contributed by atoms with Gasteiger partial charge in [0.2, 0.25) is 10.0 Å². The van der Waals surface area contributed by atoms with Crippen LogP contribution in [0.4, 0.5) is 0 Å². The molecule has 6 nitrogen and oxygen atoms in total. The van der Waals surface area contributed by atoms with Crippen molar-refractivity contribution in [2.75, 3.05) is 20.2 Å². The van der Waals surface area contributed by atoms with Crippen LogP contribution in [0, 0.1) is 13.8 Å². The highest BCUT2D eigenvalue weighted by Crippen LogP contribution is 2.17. The molecule has 1 unspecified atom stereocenters. The Hall–Kier alpha value is -2.22. The largest absolute Gasteiger partial charge is 0.377 e. The molecule has 1 N–H and O–H groups in total. The smallest absolute Gasteiger partial charge is 0.253 e. The maximum atomic E-state index is 12.9. The van der Waals surface area contributed by atoms with Crippen LogP contribution in [0.25, 0.3) is 0 Å². The fourth-order valence-electron chi connectivity index (χ4n) is 3.46. The molecule has 1 fully saturated rings. The number of sulfonamides is 1. The van der Waals surface area contributed by atoms with Gasteiger partial charge in [0.25, 0.3) is 5.91 Å². The Bertz CT molecular complexity index is 982. The zero-order chi connectivity index (χ0) is 21.0. The molecule has 7 heteroatoms. The van der Waals surface area contributed by atoms with E-state index in [1.54, 1.807) is 24.1 Å². The number of nitrogens with zero attached hydrogens (tertiary/aromatic N) is 1. The minimum atomic E-state index is -3.70. The van der Waals surface area contributed by atoms with Gasteiger partial charge in [0.1, 0.15) is 0 Å². The molecule has 1 atom stereocenters. The normalized spacial score (nSPS) is 16.7. The topological polar surface area (TPSA) is 75.7 Å². The van der Waals surface area contributed by atoms with Gasteiger partial charge in [-0.3, -0.25) is 4.79 Å². The van der Waals surface area contributed by atoms with Gasteiger partial charge in [-0.1, -0.05) is 29.8 Å². The number of hydrogen-bond acceptors (Lipinski definition) is 4. The molecule has 1 saturated heterocycles. The van der Waals surface area contributed by atoms with Crippen LogP contribution in [0.2, 0.25) is 0 Å². The molecule has 1 heterocycles. The van der Waals surface area contributed by atoms with E-state index in [2.05, 4.69) is 10.8 Å². The monoisotopic (exact) mass is 416 g/mol. The summed E-state index contributed by atoms with van der Waals surface area (Å²) in [5.74, 6) is -0.221. The van der Waals surface area contributed by atoms with Crippen molar-refractivity contribution in [3.63, 3.8) is 0 Å². The maximum Gasteiger partial charge on any atom is 0.253 e. The van der Waals surface area contributed by atoms with Gasteiger partial charge in [-0.25, -0.2) is 13.1 Å². The summed E-state index contributed by atoms with van der Waals surface area (Å²) < 4.78 is 33.3. The lowest BCUT2D eigenvalue weighted by Crippen LogP contribution is -2.32. The summed E-state index contributed by atoms with van der Waals surface area (Å²) in [5, 5.41) is 0. The van der Waals surface area contributed by atoms with Crippen molar-refractivity contribution in [2.45, 2.75) is 44.2 Å². The van der Waals surface area contributed by atoms with E-state index in [0.717, 1.165) is 24.0 Å². The number of carbonyl (C=O) groups excluding carboxylic acids is 1. The van der Waals surface area contributed by atoms with Crippen LogP contribution >= 0.6 is 0 Å². The van der Waals surface area contributed by atoms with E-state index in [1.807, 2.05) is 26.0 Å². The molecule has 1 aliphatic heterocycles. The third-order valence-electron chi connectivity index (χ3n) is 5.17. The summed E-state index contributed by atoms with van der Waals surface area (Å²) in [7, 11) is -1.98. The Balaban J connectivity index is 1.70. The van der Waals surface area contributed by atoms with Gasteiger partial charge in [0, 0.05) is 32.3 Å². The van der Waals surface area contributed by atoms with Crippen molar-refractivity contribution < 1.29 is 17.9 Å². The van der Waals surface area contributed by atoms with Crippen molar-refractivity contribution in [3.05, 3.63) is 64.7 Å². The predicted octanol–water partition coefficient (Wildman–Crippen LogP) is 3.03. The van der Waals surface area contributed by atoms with Gasteiger partial charge in [-0.05, 0) is 56.0 Å². The Kier molecular flexibility index (Phi) is 6.72. The number of ether oxygens (including phenoxy) is 1. The van der Waals surface area contributed by atoms with E-state index in [0.29, 0.717) is 18.7 Å². The van der Waals surface area contributed by atoms with Crippen molar-refractivity contribution in [2.24, 2.45) is 0 Å². The zero-order valence-corrected chi connectivity index (χ0v) is 18.0. The van der Waals surface area contributed by atoms with Crippen molar-refractivity contribution >= 4 is 15.9 Å². The van der Waals surface area contributed by atoms with Crippen LogP contribution in [-0.4, -0.2) is 45.5 Å². The van der Waals surface area contributed by atoms with Crippen LogP contribution < -0.4 is 4.72 Å². The molecular weight excluding hydrogens is 388 g/mol. The molecule has 1 amide bonds. The average molecular weight is 417 g/mol. The number of benzene rings is 2. The lowest BCUT2D eigenvalue weighted by molar-refractivity contribution is 0.0784. The van der Waals surface area contributed by atoms with Gasteiger partial charge >= 0.3 is 0 Å². The molecule has 29 heavy (non-hydrogen) atoms. The molecule has 0 saturated carbocycles. The Labute approximate surface area is 172 Å². The van der Waals surface area contributed by atoms with Gasteiger partial charge in [-0.15, -0.1) is 0 Å². The number of rotatable bonds is 7. The van der Waals surface area contributed by atoms with Crippen LogP contribution in [0.3, 0.4) is 0 Å². The van der Waals surface area contributed by atoms with Gasteiger partial charge in [0.05, 0.1) is 11.0 Å². The first-order valence-electron chi connectivity index (χ1n) is 9.79. The van der Waals surface area contributed by atoms with Crippen LogP contribution in [0.15, 0.2) is 47.4 Å². The maximum absolute atomic E-state index is 12.9. The second-order valence-corrected chi connectivity index (χ2v) is 9.37. The summed E-state index contributed by atoms with van der Waals surface area (Å²) in [4.78, 5) is 14.5. The third kappa shape index (κ3) is 5.44. The van der Waals surface area contributed by atoms with E-state index in [1.165, 1.54) is 17.7 Å². The fraction of sp³-hybridized carbons (Fsp3) is 0.409. The Morgan fingerprint density at radius 2 is 2.00 bits per heavy atom. The molecule has 0 aliphatic carbocycles. The highest BCUT2D eigenvalue weighted by molar-refractivity contribution is 7.89. The molecule has 0 radical (unpaired) electrons. The van der Waals surface area contributed by atoms with Crippen molar-refractivity contribution in [1.82, 2.24) is 9.62 Å². The first-order chi connectivity index (χ1) is 13.8. The second kappa shape index (κ2) is 9.07. The van der Waals surface area contributed by atoms with E-state index >= 15 is 0 Å². The van der Waals surface area contributed by atoms with E-state index in [9.17, 15) is 13.2 Å². The molecule has 2 aromatic rings. The summed E-state index contributed by atoms with van der Waals surface area (Å²) in [6.07, 6.45) is 1.71. The molecule has 156 valence electrons. The van der Waals surface area contributed by atoms with Crippen LogP contribution in [0.1, 0.15) is 39.9 Å². The highest BCUT2D eigenvalue weighted by atomic mass is 32.2. The van der Waals surface area contributed by atoms with Crippen LogP contribution in [-0.2, 0) is 21.3 Å². The van der Waals surface area contributed by atoms with Gasteiger partial charge in [-0.2, -0.15) is 0 Å². The average Bonchev–Trinajstić information content (AvgIpc) is 3.22. The summed E-state index contributed by atoms with van der Waals surface area (Å²) >= 11 is 0. The fourth-order valence-corrected chi connectivity index (χ4v) is 4.57. The molecule has 0 spiro atoms. The summed E-state index contributed by atoms with van der Waals surface area (Å²) in [6.45, 7) is 5.42. The third-order valence-corrected chi connectivity index (χ3v) is 6.59. The molecule has 1 aliphatic rings. The van der Waals surface area contributed by atoms with E-state index in [-0.39, 0.29) is 23.5 Å². The molecule has 0 aromatic heterocycles. The standard InChI is InChI=1S/C22H28N2O4S/c1-16-9-10-19(17(2)12-16)15-24(3)22(25)18-6-4-8-21(13-18)29(26,27)23-14-20-7-5-11-28-20/h4,6,8-10,12-13,20,23H,5,7,11,14-15H2,1-3H3. The van der Waals surface area contributed by atoms with E-state index in [4.69, 9.17) is 4.74 Å². The molecule has 2 aromatic carbocycles. The van der Waals surface area contributed by atoms with Crippen molar-refractivity contribution in [1.29, 1.82) is 0 Å². The minimum Gasteiger partial charge on any atom is -0.377 e. The SMILES string of the molecule is Cc1ccc(CN(C)C(=O)c2cccc(S(=O)(=O)NCC3CCCO3)c2)c(C)c1. The molecule has 0 bridgehead atoms. The molecule has 3 rings (SSSR count). The second-order valence-electron chi connectivity index (χ2n) is 7.61. The Morgan fingerprint density at radius 3 is 2.69 bits per heavy atom. The predicted molar refractivity (Wildman–Crippen MR) is 112 cm³/mol. The highest BCUT2D eigenvalue weighted by Gasteiger charge is 2.22. The summed E-state index contributed by atoms with van der Waals surface area (Å²) in [5.41, 5.74) is 3.71. The van der Waals surface area contributed by atoms with E-state index < -0.39 is 10.0 Å². The zero-order valence-electron chi connectivity index (χ0n) is 17.1. The number of aryl methyl sites for hydroxylation is 2. The van der Waals surface area contributed by atoms with Crippen LogP contribution in [0.5, 0.6) is 0 Å². The quantitative estimate of drug-likeness (QED) is 0.753. The Morgan fingerprint density at radius 1 is 1.21 bits per heavy atom. The summed E-state index contributed by atoms with van der Waals surface area (Å²) in [6, 6.07) is 12.3. The first-order valence-corrected chi connectivity index (χ1v) is 11.3. The number of nitrogens with one attached hydrogen (secondary N) is 1. The lowest BCUT2D eigenvalue weighted by Gasteiger charge is -2.19. The minimum absolute atomic E-state index is 0.0845. The number of carbonyl (C=O) groups is 1. The van der Waals surface area contributed by atoms with Crippen molar-refractivity contribution in [3.8, 4) is 0 Å². The van der Waals surface area contributed by atoms with Gasteiger partial charge in [0.15, 0.2) is 0 Å². The van der Waals surface area contributed by atoms with Gasteiger partial charge < -0.3 is 9.64 Å². The number of amides is 1.